The highest BCUT2D eigenvalue weighted by Crippen LogP contribution is 2.68. The van der Waals surface area contributed by atoms with E-state index >= 15 is 0 Å². The standard InChI is InChI=1S/C28H48O2/c1-18(2)7-12-25(29)28(6,30)24-11-10-22-21-9-8-20-17-19(3)13-15-26(20,4)23(21)14-16-27(22,24)5/h8,18-19,21-25,29-30H,7,9-17H2,1-6H3/t19-,21-,22-,23-,24-,25+,26-,27-,28+/m0/s1. The Kier molecular flexibility index (Phi) is 6.02. The molecule has 0 unspecified atom stereocenters. The van der Waals surface area contributed by atoms with Crippen LogP contribution >= 0.6 is 0 Å². The van der Waals surface area contributed by atoms with E-state index in [-0.39, 0.29) is 11.3 Å². The van der Waals surface area contributed by atoms with Gasteiger partial charge in [0, 0.05) is 0 Å². The van der Waals surface area contributed by atoms with Gasteiger partial charge in [0.25, 0.3) is 0 Å². The molecular formula is C28H48O2. The van der Waals surface area contributed by atoms with Crippen LogP contribution in [0.5, 0.6) is 0 Å². The first kappa shape index (κ1) is 22.8. The number of aliphatic hydroxyl groups is 2. The van der Waals surface area contributed by atoms with Gasteiger partial charge in [-0.2, -0.15) is 0 Å². The summed E-state index contributed by atoms with van der Waals surface area (Å²) in [6.45, 7) is 13.8. The Hall–Kier alpha value is -0.340. The van der Waals surface area contributed by atoms with Crippen LogP contribution in [0.15, 0.2) is 11.6 Å². The highest BCUT2D eigenvalue weighted by molar-refractivity contribution is 5.25. The minimum Gasteiger partial charge on any atom is -0.390 e. The van der Waals surface area contributed by atoms with E-state index in [1.54, 1.807) is 5.57 Å². The molecule has 4 aliphatic carbocycles. The van der Waals surface area contributed by atoms with Crippen molar-refractivity contribution in [3.63, 3.8) is 0 Å². The maximum Gasteiger partial charge on any atom is 0.0910 e. The van der Waals surface area contributed by atoms with Crippen LogP contribution < -0.4 is 0 Å². The molecule has 2 heteroatoms. The van der Waals surface area contributed by atoms with Crippen LogP contribution in [0, 0.1) is 46.3 Å². The number of fused-ring (bicyclic) bond motifs is 5. The Labute approximate surface area is 185 Å². The minimum atomic E-state index is -0.967. The van der Waals surface area contributed by atoms with Crippen LogP contribution in [-0.2, 0) is 0 Å². The van der Waals surface area contributed by atoms with Gasteiger partial charge in [0.15, 0.2) is 0 Å². The van der Waals surface area contributed by atoms with E-state index in [1.807, 2.05) is 6.92 Å². The third-order valence-corrected chi connectivity index (χ3v) is 10.7. The van der Waals surface area contributed by atoms with Crippen molar-refractivity contribution in [3.05, 3.63) is 11.6 Å². The Morgan fingerprint density at radius 3 is 2.50 bits per heavy atom. The molecule has 2 N–H and O–H groups in total. The molecule has 4 rings (SSSR count). The average Bonchev–Trinajstić information content (AvgIpc) is 3.04. The molecule has 0 aromatic rings. The number of hydrogen-bond acceptors (Lipinski definition) is 2. The monoisotopic (exact) mass is 416 g/mol. The second kappa shape index (κ2) is 7.91. The largest absolute Gasteiger partial charge is 0.390 e. The lowest BCUT2D eigenvalue weighted by Crippen LogP contribution is -2.55. The topological polar surface area (TPSA) is 40.5 Å². The van der Waals surface area contributed by atoms with Gasteiger partial charge >= 0.3 is 0 Å². The first-order valence-corrected chi connectivity index (χ1v) is 13.1. The Bertz CT molecular complexity index is 664. The zero-order chi connectivity index (χ0) is 21.9. The zero-order valence-corrected chi connectivity index (χ0v) is 20.6. The first-order valence-electron chi connectivity index (χ1n) is 13.1. The van der Waals surface area contributed by atoms with Crippen LogP contribution in [-0.4, -0.2) is 21.9 Å². The fraction of sp³-hybridized carbons (Fsp3) is 0.929. The van der Waals surface area contributed by atoms with E-state index in [2.05, 4.69) is 40.7 Å². The number of hydrogen-bond donors (Lipinski definition) is 2. The number of rotatable bonds is 5. The molecule has 0 radical (unpaired) electrons. The zero-order valence-electron chi connectivity index (χ0n) is 20.6. The van der Waals surface area contributed by atoms with Crippen LogP contribution in [0.3, 0.4) is 0 Å². The van der Waals surface area contributed by atoms with Crippen LogP contribution in [0.25, 0.3) is 0 Å². The molecule has 30 heavy (non-hydrogen) atoms. The van der Waals surface area contributed by atoms with Gasteiger partial charge < -0.3 is 10.2 Å². The number of allylic oxidation sites excluding steroid dienone is 2. The van der Waals surface area contributed by atoms with E-state index in [9.17, 15) is 10.2 Å². The first-order chi connectivity index (χ1) is 14.0. The Balaban J connectivity index is 1.55. The summed E-state index contributed by atoms with van der Waals surface area (Å²) in [5.74, 6) is 3.96. The lowest BCUT2D eigenvalue weighted by Gasteiger charge is -2.59. The van der Waals surface area contributed by atoms with E-state index < -0.39 is 11.7 Å². The van der Waals surface area contributed by atoms with Crippen molar-refractivity contribution in [1.29, 1.82) is 0 Å². The molecule has 0 aliphatic heterocycles. The smallest absolute Gasteiger partial charge is 0.0910 e. The van der Waals surface area contributed by atoms with E-state index in [1.165, 1.54) is 44.9 Å². The van der Waals surface area contributed by atoms with Gasteiger partial charge in [-0.25, -0.2) is 0 Å². The highest BCUT2D eigenvalue weighted by atomic mass is 16.3. The van der Waals surface area contributed by atoms with Crippen molar-refractivity contribution >= 4 is 0 Å². The van der Waals surface area contributed by atoms with Crippen LogP contribution in [0.2, 0.25) is 0 Å². The van der Waals surface area contributed by atoms with E-state index in [0.717, 1.165) is 37.0 Å². The average molecular weight is 417 g/mol. The third-order valence-electron chi connectivity index (χ3n) is 10.7. The van der Waals surface area contributed by atoms with Gasteiger partial charge in [0.05, 0.1) is 11.7 Å². The summed E-state index contributed by atoms with van der Waals surface area (Å²) in [7, 11) is 0. The third kappa shape index (κ3) is 3.53. The van der Waals surface area contributed by atoms with Crippen molar-refractivity contribution in [2.75, 3.05) is 0 Å². The van der Waals surface area contributed by atoms with Gasteiger partial charge in [-0.3, -0.25) is 0 Å². The van der Waals surface area contributed by atoms with E-state index in [4.69, 9.17) is 0 Å². The number of aliphatic hydroxyl groups excluding tert-OH is 1. The second-order valence-electron chi connectivity index (χ2n) is 13.0. The minimum absolute atomic E-state index is 0.174. The van der Waals surface area contributed by atoms with Gasteiger partial charge in [-0.1, -0.05) is 46.3 Å². The summed E-state index contributed by atoms with van der Waals surface area (Å²) in [5.41, 5.74) is 1.41. The molecule has 0 aromatic carbocycles. The SMILES string of the molecule is CC(C)CC[C@@H](O)[C@](C)(O)[C@H]1CC[C@H]2[C@@H]3CC=C4C[C@@H](C)CC[C@]4(C)[C@H]3CC[C@]12C. The summed E-state index contributed by atoms with van der Waals surface area (Å²) in [6, 6.07) is 0. The Morgan fingerprint density at radius 2 is 1.80 bits per heavy atom. The molecule has 3 saturated carbocycles. The molecular weight excluding hydrogens is 368 g/mol. The van der Waals surface area contributed by atoms with Crippen molar-refractivity contribution in [3.8, 4) is 0 Å². The molecule has 9 atom stereocenters. The molecule has 4 aliphatic rings. The normalized spacial score (nSPS) is 46.4. The summed E-state index contributed by atoms with van der Waals surface area (Å²) in [6.07, 6.45) is 14.0. The fourth-order valence-corrected chi connectivity index (χ4v) is 8.82. The molecule has 0 heterocycles. The predicted octanol–water partition coefficient (Wildman–Crippen LogP) is 6.75. The van der Waals surface area contributed by atoms with Gasteiger partial charge in [0.1, 0.15) is 0 Å². The molecule has 0 saturated heterocycles. The molecule has 0 amide bonds. The maximum atomic E-state index is 11.6. The lowest BCUT2D eigenvalue weighted by atomic mass is 9.46. The second-order valence-corrected chi connectivity index (χ2v) is 13.0. The van der Waals surface area contributed by atoms with Crippen molar-refractivity contribution in [2.24, 2.45) is 46.3 Å². The lowest BCUT2D eigenvalue weighted by molar-refractivity contribution is -0.151. The van der Waals surface area contributed by atoms with Crippen LogP contribution in [0.1, 0.15) is 106 Å². The van der Waals surface area contributed by atoms with E-state index in [0.29, 0.717) is 17.3 Å². The molecule has 0 spiro atoms. The molecule has 3 fully saturated rings. The van der Waals surface area contributed by atoms with Crippen molar-refractivity contribution in [1.82, 2.24) is 0 Å². The van der Waals surface area contributed by atoms with Gasteiger partial charge in [0.2, 0.25) is 0 Å². The Morgan fingerprint density at radius 1 is 1.07 bits per heavy atom. The van der Waals surface area contributed by atoms with Crippen molar-refractivity contribution < 1.29 is 10.2 Å². The van der Waals surface area contributed by atoms with Crippen molar-refractivity contribution in [2.45, 2.75) is 117 Å². The summed E-state index contributed by atoms with van der Waals surface area (Å²) in [4.78, 5) is 0. The highest BCUT2D eigenvalue weighted by Gasteiger charge is 2.62. The quantitative estimate of drug-likeness (QED) is 0.487. The fourth-order valence-electron chi connectivity index (χ4n) is 8.82. The molecule has 0 bridgehead atoms. The molecule has 2 nitrogen and oxygen atoms in total. The molecule has 0 aromatic heterocycles. The maximum absolute atomic E-state index is 11.6. The van der Waals surface area contributed by atoms with Gasteiger partial charge in [-0.05, 0) is 117 Å². The van der Waals surface area contributed by atoms with Gasteiger partial charge in [-0.15, -0.1) is 0 Å². The predicted molar refractivity (Wildman–Crippen MR) is 125 cm³/mol. The summed E-state index contributed by atoms with van der Waals surface area (Å²) < 4.78 is 0. The summed E-state index contributed by atoms with van der Waals surface area (Å²) in [5, 5.41) is 22.6. The molecule has 172 valence electrons. The summed E-state index contributed by atoms with van der Waals surface area (Å²) >= 11 is 0. The van der Waals surface area contributed by atoms with Crippen LogP contribution in [0.4, 0.5) is 0 Å².